The quantitative estimate of drug-likeness (QED) is 0.395. The molecule has 2 aromatic carbocycles. The number of nitrogens with zero attached hydrogens (tertiary/aromatic N) is 3. The minimum absolute atomic E-state index is 0.168. The molecular formula is C24H22FN5O3S. The second-order valence-corrected chi connectivity index (χ2v) is 8.61. The van der Waals surface area contributed by atoms with Crippen LogP contribution in [0.25, 0.3) is 10.2 Å². The second-order valence-electron chi connectivity index (χ2n) is 7.69. The van der Waals surface area contributed by atoms with Crippen LogP contribution in [0.5, 0.6) is 11.6 Å². The predicted molar refractivity (Wildman–Crippen MR) is 131 cm³/mol. The van der Waals surface area contributed by atoms with Crippen LogP contribution in [0.2, 0.25) is 0 Å². The van der Waals surface area contributed by atoms with E-state index in [0.717, 1.165) is 4.70 Å². The molecule has 0 unspecified atom stereocenters. The Labute approximate surface area is 199 Å². The van der Waals surface area contributed by atoms with E-state index < -0.39 is 0 Å². The van der Waals surface area contributed by atoms with Gasteiger partial charge in [-0.3, -0.25) is 4.79 Å². The second kappa shape index (κ2) is 9.62. The van der Waals surface area contributed by atoms with Crippen molar-refractivity contribution in [1.82, 2.24) is 9.97 Å². The molecule has 0 atom stereocenters. The number of thiophene rings is 1. The lowest BCUT2D eigenvalue weighted by Gasteiger charge is -2.29. The number of ether oxygens (including phenoxy) is 2. The third-order valence-electron chi connectivity index (χ3n) is 5.20. The highest BCUT2D eigenvalue weighted by Gasteiger charge is 2.16. The van der Waals surface area contributed by atoms with Crippen LogP contribution in [-0.4, -0.2) is 42.2 Å². The van der Waals surface area contributed by atoms with E-state index in [1.807, 2.05) is 16.3 Å². The molecule has 1 saturated heterocycles. The summed E-state index contributed by atoms with van der Waals surface area (Å²) < 4.78 is 27.0. The zero-order valence-corrected chi connectivity index (χ0v) is 19.2. The number of morpholine rings is 1. The summed E-state index contributed by atoms with van der Waals surface area (Å²) in [7, 11) is 0. The van der Waals surface area contributed by atoms with Crippen LogP contribution in [0.15, 0.2) is 53.9 Å². The molecule has 0 spiro atoms. The van der Waals surface area contributed by atoms with Gasteiger partial charge in [-0.2, -0.15) is 4.98 Å². The first kappa shape index (κ1) is 22.1. The van der Waals surface area contributed by atoms with E-state index in [9.17, 15) is 9.18 Å². The molecule has 0 aliphatic carbocycles. The zero-order valence-electron chi connectivity index (χ0n) is 18.4. The summed E-state index contributed by atoms with van der Waals surface area (Å²) in [5.41, 5.74) is 2.41. The highest BCUT2D eigenvalue weighted by molar-refractivity contribution is 7.17. The van der Waals surface area contributed by atoms with Gasteiger partial charge in [-0.15, -0.1) is 11.3 Å². The fourth-order valence-corrected chi connectivity index (χ4v) is 4.44. The van der Waals surface area contributed by atoms with Crippen LogP contribution in [0.4, 0.5) is 27.4 Å². The first-order valence-electron chi connectivity index (χ1n) is 10.8. The number of amides is 1. The fourth-order valence-electron chi connectivity index (χ4n) is 3.69. The van der Waals surface area contributed by atoms with Crippen molar-refractivity contribution in [2.75, 3.05) is 41.8 Å². The number of benzene rings is 2. The third-order valence-corrected chi connectivity index (χ3v) is 6.09. The van der Waals surface area contributed by atoms with E-state index in [1.54, 1.807) is 36.4 Å². The number of hydrogen-bond donors (Lipinski definition) is 2. The van der Waals surface area contributed by atoms with Gasteiger partial charge in [-0.25, -0.2) is 9.37 Å². The van der Waals surface area contributed by atoms with Crippen molar-refractivity contribution in [3.63, 3.8) is 0 Å². The molecule has 0 bridgehead atoms. The van der Waals surface area contributed by atoms with Crippen LogP contribution < -0.4 is 20.3 Å². The van der Waals surface area contributed by atoms with E-state index in [4.69, 9.17) is 9.47 Å². The monoisotopic (exact) mass is 479 g/mol. The van der Waals surface area contributed by atoms with Gasteiger partial charge in [0.05, 0.1) is 24.4 Å². The van der Waals surface area contributed by atoms with Crippen molar-refractivity contribution in [2.45, 2.75) is 6.92 Å². The van der Waals surface area contributed by atoms with Gasteiger partial charge in [-0.1, -0.05) is 6.07 Å². The standard InChI is InChI=1S/C24H22FN5O3S/c1-15(31)26-16-3-2-4-18(13-16)33-23-22-20(7-12-34-22)28-24(29-23)27-17-5-6-21(19(25)14-17)30-8-10-32-11-9-30/h2-7,12-14H,8-11H2,1H3,(H,26,31)(H,27,28,29). The average Bonchev–Trinajstić information content (AvgIpc) is 3.29. The van der Waals surface area contributed by atoms with Crippen LogP contribution in [0, 0.1) is 5.82 Å². The molecule has 5 rings (SSSR count). The van der Waals surface area contributed by atoms with E-state index in [-0.39, 0.29) is 17.7 Å². The Balaban J connectivity index is 1.40. The first-order chi connectivity index (χ1) is 16.5. The van der Waals surface area contributed by atoms with Gasteiger partial charge in [0, 0.05) is 37.5 Å². The van der Waals surface area contributed by atoms with E-state index in [0.29, 0.717) is 60.5 Å². The highest BCUT2D eigenvalue weighted by Crippen LogP contribution is 2.34. The predicted octanol–water partition coefficient (Wildman–Crippen LogP) is 5.16. The van der Waals surface area contributed by atoms with Crippen LogP contribution in [-0.2, 0) is 9.53 Å². The van der Waals surface area contributed by atoms with Crippen LogP contribution in [0.1, 0.15) is 6.92 Å². The molecular weight excluding hydrogens is 457 g/mol. The topological polar surface area (TPSA) is 88.6 Å². The Morgan fingerprint density at radius 2 is 1.97 bits per heavy atom. The summed E-state index contributed by atoms with van der Waals surface area (Å²) in [6.07, 6.45) is 0. The Hall–Kier alpha value is -3.76. The number of halogens is 1. The van der Waals surface area contributed by atoms with Crippen molar-refractivity contribution < 1.29 is 18.7 Å². The number of anilines is 4. The molecule has 2 aromatic heterocycles. The smallest absolute Gasteiger partial charge is 0.242 e. The Kier molecular flexibility index (Phi) is 6.24. The maximum Gasteiger partial charge on any atom is 0.242 e. The van der Waals surface area contributed by atoms with Gasteiger partial charge in [0.2, 0.25) is 17.7 Å². The molecule has 1 aliphatic heterocycles. The molecule has 1 aliphatic rings. The van der Waals surface area contributed by atoms with Gasteiger partial charge in [-0.05, 0) is 41.8 Å². The molecule has 0 saturated carbocycles. The summed E-state index contributed by atoms with van der Waals surface area (Å²) in [5, 5.41) is 7.72. The largest absolute Gasteiger partial charge is 0.437 e. The summed E-state index contributed by atoms with van der Waals surface area (Å²) >= 11 is 1.46. The molecule has 0 radical (unpaired) electrons. The van der Waals surface area contributed by atoms with Gasteiger partial charge >= 0.3 is 0 Å². The van der Waals surface area contributed by atoms with E-state index >= 15 is 0 Å². The minimum Gasteiger partial charge on any atom is -0.437 e. The van der Waals surface area contributed by atoms with Gasteiger partial charge < -0.3 is 25.0 Å². The minimum atomic E-state index is -0.324. The number of nitrogens with one attached hydrogen (secondary N) is 2. The van der Waals surface area contributed by atoms with Gasteiger partial charge in [0.1, 0.15) is 16.3 Å². The molecule has 174 valence electrons. The number of carbonyl (C=O) groups excluding carboxylic acids is 1. The zero-order chi connectivity index (χ0) is 23.5. The molecule has 1 fully saturated rings. The van der Waals surface area contributed by atoms with E-state index in [2.05, 4.69) is 20.6 Å². The Bertz CT molecular complexity index is 1340. The van der Waals surface area contributed by atoms with Crippen molar-refractivity contribution in [3.05, 3.63) is 59.7 Å². The van der Waals surface area contributed by atoms with Crippen LogP contribution >= 0.6 is 11.3 Å². The first-order valence-corrected chi connectivity index (χ1v) is 11.6. The molecule has 10 heteroatoms. The summed E-state index contributed by atoms with van der Waals surface area (Å²) in [6, 6.07) is 13.9. The highest BCUT2D eigenvalue weighted by atomic mass is 32.1. The summed E-state index contributed by atoms with van der Waals surface area (Å²) in [5.74, 6) is 0.685. The molecule has 2 N–H and O–H groups in total. The Morgan fingerprint density at radius 1 is 1.12 bits per heavy atom. The van der Waals surface area contributed by atoms with Crippen molar-refractivity contribution >= 4 is 50.5 Å². The summed E-state index contributed by atoms with van der Waals surface area (Å²) in [4.78, 5) is 22.4. The number of rotatable bonds is 6. The van der Waals surface area contributed by atoms with Crippen molar-refractivity contribution in [2.24, 2.45) is 0 Å². The van der Waals surface area contributed by atoms with Crippen molar-refractivity contribution in [1.29, 1.82) is 0 Å². The maximum absolute atomic E-state index is 14.8. The molecule has 1 amide bonds. The van der Waals surface area contributed by atoms with E-state index in [1.165, 1.54) is 24.3 Å². The normalized spacial score (nSPS) is 13.6. The molecule has 3 heterocycles. The number of aromatic nitrogens is 2. The van der Waals surface area contributed by atoms with Gasteiger partial charge in [0.25, 0.3) is 0 Å². The lowest BCUT2D eigenvalue weighted by Crippen LogP contribution is -2.36. The SMILES string of the molecule is CC(=O)Nc1cccc(Oc2nc(Nc3ccc(N4CCOCC4)c(F)c3)nc3ccsc23)c1. The molecule has 8 nitrogen and oxygen atoms in total. The maximum atomic E-state index is 14.8. The number of fused-ring (bicyclic) bond motifs is 1. The molecule has 4 aromatic rings. The average molecular weight is 480 g/mol. The lowest BCUT2D eigenvalue weighted by molar-refractivity contribution is -0.114. The molecule has 34 heavy (non-hydrogen) atoms. The van der Waals surface area contributed by atoms with Crippen LogP contribution in [0.3, 0.4) is 0 Å². The third kappa shape index (κ3) is 4.92. The lowest BCUT2D eigenvalue weighted by atomic mass is 10.2. The van der Waals surface area contributed by atoms with Crippen molar-refractivity contribution in [3.8, 4) is 11.6 Å². The number of carbonyl (C=O) groups is 1. The fraction of sp³-hybridized carbons (Fsp3) is 0.208. The number of hydrogen-bond acceptors (Lipinski definition) is 8. The van der Waals surface area contributed by atoms with Gasteiger partial charge in [0.15, 0.2) is 0 Å². The Morgan fingerprint density at radius 3 is 2.76 bits per heavy atom. The summed E-state index contributed by atoms with van der Waals surface area (Å²) in [6.45, 7) is 3.94.